The number of carbonyl (C=O) groups is 4. The number of para-hydroxylation sites is 1. The second-order valence-electron chi connectivity index (χ2n) is 6.94. The summed E-state index contributed by atoms with van der Waals surface area (Å²) in [5.74, 6) is -1.57. The maximum absolute atomic E-state index is 12.5. The first-order valence-corrected chi connectivity index (χ1v) is 9.00. The van der Waals surface area contributed by atoms with Gasteiger partial charge in [0, 0.05) is 6.54 Å². The molecule has 1 aliphatic rings. The molecule has 0 saturated heterocycles. The Kier molecular flexibility index (Phi) is 5.54. The number of fused-ring (bicyclic) bond motifs is 1. The van der Waals surface area contributed by atoms with Crippen LogP contribution in [0.25, 0.3) is 0 Å². The highest BCUT2D eigenvalue weighted by Crippen LogP contribution is 2.22. The summed E-state index contributed by atoms with van der Waals surface area (Å²) in [6.07, 6.45) is 0. The first-order chi connectivity index (χ1) is 13.4. The van der Waals surface area contributed by atoms with E-state index in [9.17, 15) is 19.2 Å². The predicted octanol–water partition coefficient (Wildman–Crippen LogP) is 2.31. The third kappa shape index (κ3) is 3.93. The molecular weight excluding hydrogens is 358 g/mol. The summed E-state index contributed by atoms with van der Waals surface area (Å²) < 4.78 is 0. The molecule has 1 heterocycles. The van der Waals surface area contributed by atoms with Gasteiger partial charge in [-0.05, 0) is 30.2 Å². The summed E-state index contributed by atoms with van der Waals surface area (Å²) in [5.41, 5.74) is 1.21. The predicted molar refractivity (Wildman–Crippen MR) is 104 cm³/mol. The van der Waals surface area contributed by atoms with Gasteiger partial charge in [0.2, 0.25) is 5.91 Å². The van der Waals surface area contributed by atoms with Gasteiger partial charge in [0.15, 0.2) is 0 Å². The molecule has 144 valence electrons. The lowest BCUT2D eigenvalue weighted by Gasteiger charge is -2.15. The van der Waals surface area contributed by atoms with E-state index in [1.807, 2.05) is 13.8 Å². The first-order valence-electron chi connectivity index (χ1n) is 9.00. The molecule has 0 radical (unpaired) electrons. The maximum Gasteiger partial charge on any atom is 0.262 e. The quantitative estimate of drug-likeness (QED) is 0.753. The average molecular weight is 379 g/mol. The number of nitrogens with one attached hydrogen (secondary N) is 2. The van der Waals surface area contributed by atoms with Crippen LogP contribution in [0.4, 0.5) is 5.69 Å². The SMILES string of the molecule is CC(C)CNC(=O)c1ccccc1NC(=O)CN1C(=O)c2ccccc2C1=O. The van der Waals surface area contributed by atoms with Crippen LogP contribution in [-0.4, -0.2) is 41.6 Å². The molecule has 4 amide bonds. The second kappa shape index (κ2) is 8.04. The molecule has 0 saturated carbocycles. The van der Waals surface area contributed by atoms with E-state index in [1.165, 1.54) is 0 Å². The number of anilines is 1. The summed E-state index contributed by atoms with van der Waals surface area (Å²) in [6, 6.07) is 13.0. The molecule has 0 aromatic heterocycles. The molecule has 0 fully saturated rings. The Bertz CT molecular complexity index is 917. The van der Waals surface area contributed by atoms with Crippen molar-refractivity contribution in [2.75, 3.05) is 18.4 Å². The molecule has 2 N–H and O–H groups in total. The van der Waals surface area contributed by atoms with Gasteiger partial charge in [-0.25, -0.2) is 0 Å². The van der Waals surface area contributed by atoms with Gasteiger partial charge in [0.1, 0.15) is 6.54 Å². The number of benzene rings is 2. The fourth-order valence-electron chi connectivity index (χ4n) is 2.90. The summed E-state index contributed by atoms with van der Waals surface area (Å²) in [5, 5.41) is 5.43. The normalized spacial score (nSPS) is 12.9. The number of nitrogens with zero attached hydrogens (tertiary/aromatic N) is 1. The molecule has 1 aliphatic heterocycles. The third-order valence-corrected chi connectivity index (χ3v) is 4.30. The fraction of sp³-hybridized carbons (Fsp3) is 0.238. The largest absolute Gasteiger partial charge is 0.352 e. The van der Waals surface area contributed by atoms with Gasteiger partial charge in [-0.3, -0.25) is 24.1 Å². The molecule has 0 atom stereocenters. The van der Waals surface area contributed by atoms with Crippen molar-refractivity contribution in [2.45, 2.75) is 13.8 Å². The third-order valence-electron chi connectivity index (χ3n) is 4.30. The first kappa shape index (κ1) is 19.3. The zero-order valence-corrected chi connectivity index (χ0v) is 15.7. The number of hydrogen-bond donors (Lipinski definition) is 2. The van der Waals surface area contributed by atoms with E-state index >= 15 is 0 Å². The number of hydrogen-bond acceptors (Lipinski definition) is 4. The Morgan fingerprint density at radius 1 is 0.929 bits per heavy atom. The van der Waals surface area contributed by atoms with Crippen LogP contribution in [0.15, 0.2) is 48.5 Å². The van der Waals surface area contributed by atoms with Crippen LogP contribution >= 0.6 is 0 Å². The van der Waals surface area contributed by atoms with Crippen molar-refractivity contribution in [3.63, 3.8) is 0 Å². The molecule has 7 nitrogen and oxygen atoms in total. The molecule has 2 aromatic rings. The highest BCUT2D eigenvalue weighted by molar-refractivity contribution is 6.22. The van der Waals surface area contributed by atoms with Gasteiger partial charge < -0.3 is 10.6 Å². The zero-order chi connectivity index (χ0) is 20.3. The molecule has 28 heavy (non-hydrogen) atoms. The van der Waals surface area contributed by atoms with Crippen LogP contribution in [-0.2, 0) is 4.79 Å². The van der Waals surface area contributed by atoms with Crippen molar-refractivity contribution in [3.8, 4) is 0 Å². The van der Waals surface area contributed by atoms with Gasteiger partial charge in [-0.15, -0.1) is 0 Å². The Labute approximate surface area is 162 Å². The molecule has 7 heteroatoms. The standard InChI is InChI=1S/C21H21N3O4/c1-13(2)11-22-19(26)16-9-5-6-10-17(16)23-18(25)12-24-20(27)14-7-3-4-8-15(14)21(24)28/h3-10,13H,11-12H2,1-2H3,(H,22,26)(H,23,25). The van der Waals surface area contributed by atoms with Crippen molar-refractivity contribution in [1.29, 1.82) is 0 Å². The molecule has 0 bridgehead atoms. The number of amides is 4. The van der Waals surface area contributed by atoms with Crippen LogP contribution < -0.4 is 10.6 Å². The van der Waals surface area contributed by atoms with Crippen LogP contribution in [0, 0.1) is 5.92 Å². The Hall–Kier alpha value is -3.48. The summed E-state index contributed by atoms with van der Waals surface area (Å²) in [6.45, 7) is 4.05. The van der Waals surface area contributed by atoms with Gasteiger partial charge in [0.05, 0.1) is 22.4 Å². The smallest absolute Gasteiger partial charge is 0.262 e. The van der Waals surface area contributed by atoms with E-state index in [-0.39, 0.29) is 17.0 Å². The van der Waals surface area contributed by atoms with Crippen LogP contribution in [0.1, 0.15) is 44.9 Å². The molecule has 2 aromatic carbocycles. The molecule has 0 spiro atoms. The number of carbonyl (C=O) groups excluding carboxylic acids is 4. The monoisotopic (exact) mass is 379 g/mol. The lowest BCUT2D eigenvalue weighted by Crippen LogP contribution is -2.37. The van der Waals surface area contributed by atoms with Gasteiger partial charge in [-0.2, -0.15) is 0 Å². The van der Waals surface area contributed by atoms with E-state index in [1.54, 1.807) is 48.5 Å². The Morgan fingerprint density at radius 3 is 2.11 bits per heavy atom. The van der Waals surface area contributed by atoms with Crippen LogP contribution in [0.5, 0.6) is 0 Å². The van der Waals surface area contributed by atoms with Gasteiger partial charge in [-0.1, -0.05) is 38.1 Å². The number of rotatable bonds is 6. The Morgan fingerprint density at radius 2 is 1.50 bits per heavy atom. The van der Waals surface area contributed by atoms with Crippen molar-refractivity contribution >= 4 is 29.3 Å². The van der Waals surface area contributed by atoms with Crippen molar-refractivity contribution < 1.29 is 19.2 Å². The fourth-order valence-corrected chi connectivity index (χ4v) is 2.90. The minimum Gasteiger partial charge on any atom is -0.352 e. The van der Waals surface area contributed by atoms with E-state index in [2.05, 4.69) is 10.6 Å². The van der Waals surface area contributed by atoms with Crippen molar-refractivity contribution in [2.24, 2.45) is 5.92 Å². The van der Waals surface area contributed by atoms with Crippen LogP contribution in [0.2, 0.25) is 0 Å². The lowest BCUT2D eigenvalue weighted by atomic mass is 10.1. The molecular formula is C21H21N3O4. The summed E-state index contributed by atoms with van der Waals surface area (Å²) in [4.78, 5) is 50.5. The van der Waals surface area contributed by atoms with E-state index in [0.717, 1.165) is 4.90 Å². The minimum absolute atomic E-state index is 0.286. The van der Waals surface area contributed by atoms with Crippen molar-refractivity contribution in [1.82, 2.24) is 10.2 Å². The highest BCUT2D eigenvalue weighted by Gasteiger charge is 2.36. The summed E-state index contributed by atoms with van der Waals surface area (Å²) >= 11 is 0. The molecule has 0 aliphatic carbocycles. The number of imide groups is 1. The average Bonchev–Trinajstić information content (AvgIpc) is 2.91. The maximum atomic E-state index is 12.5. The van der Waals surface area contributed by atoms with E-state index in [0.29, 0.717) is 23.7 Å². The summed E-state index contributed by atoms with van der Waals surface area (Å²) in [7, 11) is 0. The highest BCUT2D eigenvalue weighted by atomic mass is 16.2. The molecule has 0 unspecified atom stereocenters. The second-order valence-corrected chi connectivity index (χ2v) is 6.94. The van der Waals surface area contributed by atoms with Crippen LogP contribution in [0.3, 0.4) is 0 Å². The van der Waals surface area contributed by atoms with Crippen molar-refractivity contribution in [3.05, 3.63) is 65.2 Å². The lowest BCUT2D eigenvalue weighted by molar-refractivity contribution is -0.116. The Balaban J connectivity index is 1.70. The topological polar surface area (TPSA) is 95.6 Å². The van der Waals surface area contributed by atoms with E-state index < -0.39 is 24.3 Å². The van der Waals surface area contributed by atoms with E-state index in [4.69, 9.17) is 0 Å². The zero-order valence-electron chi connectivity index (χ0n) is 15.7. The minimum atomic E-state index is -0.557. The van der Waals surface area contributed by atoms with Gasteiger partial charge in [0.25, 0.3) is 17.7 Å². The van der Waals surface area contributed by atoms with Gasteiger partial charge >= 0.3 is 0 Å². The molecule has 3 rings (SSSR count).